The molecule has 0 aliphatic carbocycles. The molecule has 0 aromatic heterocycles. The molecule has 2 heteroatoms. The van der Waals surface area contributed by atoms with Gasteiger partial charge < -0.3 is 10.2 Å². The first-order valence-corrected chi connectivity index (χ1v) is 6.96. The van der Waals surface area contributed by atoms with Crippen LogP contribution in [0, 0.1) is 0 Å². The van der Waals surface area contributed by atoms with E-state index in [9.17, 15) is 10.2 Å². The Hall–Kier alpha value is -1.96. The summed E-state index contributed by atoms with van der Waals surface area (Å²) < 4.78 is 0. The first-order chi connectivity index (χ1) is 9.36. The van der Waals surface area contributed by atoms with Gasteiger partial charge in [0, 0.05) is 0 Å². The predicted octanol–water partition coefficient (Wildman–Crippen LogP) is 4.18. The van der Waals surface area contributed by atoms with E-state index in [1.165, 1.54) is 16.7 Å². The van der Waals surface area contributed by atoms with Crippen molar-refractivity contribution in [1.82, 2.24) is 0 Å². The molecule has 0 aliphatic rings. The van der Waals surface area contributed by atoms with Crippen LogP contribution in [0.3, 0.4) is 0 Å². The molecule has 2 rings (SSSR count). The third-order valence-corrected chi connectivity index (χ3v) is 3.52. The van der Waals surface area contributed by atoms with E-state index in [0.717, 1.165) is 12.8 Å². The molecule has 0 spiro atoms. The van der Waals surface area contributed by atoms with E-state index in [0.29, 0.717) is 11.5 Å². The second kappa shape index (κ2) is 5.58. The van der Waals surface area contributed by atoms with Crippen molar-refractivity contribution in [3.05, 3.63) is 59.2 Å². The van der Waals surface area contributed by atoms with Crippen LogP contribution < -0.4 is 0 Å². The minimum atomic E-state index is 0.0169. The molecule has 20 heavy (non-hydrogen) atoms. The molecule has 0 fully saturated rings. The van der Waals surface area contributed by atoms with E-state index in [1.54, 1.807) is 18.2 Å². The maximum absolute atomic E-state index is 9.69. The molecule has 0 unspecified atom stereocenters. The normalized spacial score (nSPS) is 11.6. The number of phenolic OH excluding ortho intramolecular Hbond substituents is 2. The van der Waals surface area contributed by atoms with Crippen molar-refractivity contribution in [2.75, 3.05) is 0 Å². The van der Waals surface area contributed by atoms with Crippen molar-refractivity contribution in [2.24, 2.45) is 0 Å². The van der Waals surface area contributed by atoms with E-state index >= 15 is 0 Å². The van der Waals surface area contributed by atoms with Crippen LogP contribution in [-0.4, -0.2) is 10.2 Å². The fraction of sp³-hybridized carbons (Fsp3) is 0.333. The van der Waals surface area contributed by atoms with Crippen LogP contribution in [0.15, 0.2) is 42.5 Å². The molecule has 106 valence electrons. The van der Waals surface area contributed by atoms with Gasteiger partial charge in [0.1, 0.15) is 11.5 Å². The van der Waals surface area contributed by atoms with Crippen LogP contribution in [0.25, 0.3) is 0 Å². The van der Waals surface area contributed by atoms with Crippen molar-refractivity contribution in [1.29, 1.82) is 0 Å². The van der Waals surface area contributed by atoms with Gasteiger partial charge in [-0.3, -0.25) is 0 Å². The first kappa shape index (κ1) is 14.4. The minimum absolute atomic E-state index is 0.0169. The molecule has 0 radical (unpaired) electrons. The van der Waals surface area contributed by atoms with Gasteiger partial charge in [-0.05, 0) is 59.2 Å². The highest BCUT2D eigenvalue weighted by Gasteiger charge is 2.18. The van der Waals surface area contributed by atoms with Crippen LogP contribution in [0.5, 0.6) is 11.5 Å². The summed E-state index contributed by atoms with van der Waals surface area (Å²) in [7, 11) is 0. The lowest BCUT2D eigenvalue weighted by Crippen LogP contribution is -2.14. The average molecular weight is 270 g/mol. The number of aromatic hydroxyl groups is 2. The van der Waals surface area contributed by atoms with E-state index in [1.807, 2.05) is 24.3 Å². The van der Waals surface area contributed by atoms with Gasteiger partial charge >= 0.3 is 0 Å². The third-order valence-electron chi connectivity index (χ3n) is 3.52. The Labute approximate surface area is 120 Å². The summed E-state index contributed by atoms with van der Waals surface area (Å²) in [5.74, 6) is 0.622. The second-order valence-electron chi connectivity index (χ2n) is 6.26. The van der Waals surface area contributed by atoms with E-state index < -0.39 is 0 Å². The van der Waals surface area contributed by atoms with Crippen LogP contribution in [-0.2, 0) is 18.3 Å². The number of hydrogen-bond donors (Lipinski definition) is 2. The van der Waals surface area contributed by atoms with Crippen molar-refractivity contribution in [2.45, 2.75) is 39.0 Å². The quantitative estimate of drug-likeness (QED) is 0.878. The zero-order valence-electron chi connectivity index (χ0n) is 12.4. The van der Waals surface area contributed by atoms with Crippen LogP contribution in [0.4, 0.5) is 0 Å². The van der Waals surface area contributed by atoms with E-state index in [-0.39, 0.29) is 5.41 Å². The molecule has 0 atom stereocenters. The monoisotopic (exact) mass is 270 g/mol. The molecule has 0 saturated carbocycles. The summed E-state index contributed by atoms with van der Waals surface area (Å²) >= 11 is 0. The molecule has 2 aromatic carbocycles. The molecule has 0 amide bonds. The van der Waals surface area contributed by atoms with Gasteiger partial charge in [-0.15, -0.1) is 0 Å². The summed E-state index contributed by atoms with van der Waals surface area (Å²) in [6.07, 6.45) is 1.85. The largest absolute Gasteiger partial charge is 0.508 e. The van der Waals surface area contributed by atoms with Crippen molar-refractivity contribution >= 4 is 0 Å². The smallest absolute Gasteiger partial charge is 0.115 e. The van der Waals surface area contributed by atoms with Crippen LogP contribution in [0.1, 0.15) is 37.5 Å². The minimum Gasteiger partial charge on any atom is -0.508 e. The maximum Gasteiger partial charge on any atom is 0.115 e. The van der Waals surface area contributed by atoms with Gasteiger partial charge in [-0.25, -0.2) is 0 Å². The molecule has 2 aromatic rings. The van der Waals surface area contributed by atoms with Crippen molar-refractivity contribution in [3.8, 4) is 11.5 Å². The summed E-state index contributed by atoms with van der Waals surface area (Å²) in [4.78, 5) is 0. The lowest BCUT2D eigenvalue weighted by molar-refractivity contribution is 0.470. The molecule has 0 bridgehead atoms. The number of aryl methyl sites for hydroxylation is 2. The zero-order valence-corrected chi connectivity index (χ0v) is 12.4. The molecule has 2 N–H and O–H groups in total. The Morgan fingerprint density at radius 3 is 2.00 bits per heavy atom. The van der Waals surface area contributed by atoms with E-state index in [2.05, 4.69) is 20.8 Å². The van der Waals surface area contributed by atoms with Gasteiger partial charge in [0.2, 0.25) is 0 Å². The van der Waals surface area contributed by atoms with Gasteiger partial charge in [-0.2, -0.15) is 0 Å². The molecule has 2 nitrogen and oxygen atoms in total. The highest BCUT2D eigenvalue weighted by molar-refractivity contribution is 5.39. The Morgan fingerprint density at radius 1 is 0.800 bits per heavy atom. The first-order valence-electron chi connectivity index (χ1n) is 6.96. The highest BCUT2D eigenvalue weighted by Crippen LogP contribution is 2.30. The summed E-state index contributed by atoms with van der Waals surface area (Å²) in [6.45, 7) is 6.48. The van der Waals surface area contributed by atoms with E-state index in [4.69, 9.17) is 0 Å². The SMILES string of the molecule is CC(C)(C)c1cc(O)ccc1CCc1ccc(O)cc1. The number of phenols is 2. The fourth-order valence-corrected chi connectivity index (χ4v) is 2.42. The third kappa shape index (κ3) is 3.53. The standard InChI is InChI=1S/C18H22O2/c1-18(2,3)17-12-16(20)11-8-14(17)7-4-13-5-9-15(19)10-6-13/h5-6,8-12,19-20H,4,7H2,1-3H3. The molecule has 0 heterocycles. The Balaban J connectivity index is 2.19. The van der Waals surface area contributed by atoms with Crippen molar-refractivity contribution < 1.29 is 10.2 Å². The summed E-state index contributed by atoms with van der Waals surface area (Å²) in [6, 6.07) is 13.0. The summed E-state index contributed by atoms with van der Waals surface area (Å²) in [5.41, 5.74) is 3.68. The molecule has 0 aliphatic heterocycles. The Kier molecular flexibility index (Phi) is 4.03. The second-order valence-corrected chi connectivity index (χ2v) is 6.26. The number of hydrogen-bond acceptors (Lipinski definition) is 2. The fourth-order valence-electron chi connectivity index (χ4n) is 2.42. The zero-order chi connectivity index (χ0) is 14.8. The molecular formula is C18H22O2. The molecule has 0 saturated heterocycles. The van der Waals surface area contributed by atoms with Gasteiger partial charge in [-0.1, -0.05) is 39.0 Å². The van der Waals surface area contributed by atoms with Crippen molar-refractivity contribution in [3.63, 3.8) is 0 Å². The van der Waals surface area contributed by atoms with Crippen LogP contribution >= 0.6 is 0 Å². The Bertz CT molecular complexity index is 577. The topological polar surface area (TPSA) is 40.5 Å². The highest BCUT2D eigenvalue weighted by atomic mass is 16.3. The number of rotatable bonds is 3. The van der Waals surface area contributed by atoms with Crippen LogP contribution in [0.2, 0.25) is 0 Å². The lowest BCUT2D eigenvalue weighted by Gasteiger charge is -2.23. The molecular weight excluding hydrogens is 248 g/mol. The Morgan fingerprint density at radius 2 is 1.40 bits per heavy atom. The average Bonchev–Trinajstić information content (AvgIpc) is 2.38. The predicted molar refractivity (Wildman–Crippen MR) is 82.3 cm³/mol. The van der Waals surface area contributed by atoms with Gasteiger partial charge in [0.25, 0.3) is 0 Å². The van der Waals surface area contributed by atoms with Gasteiger partial charge in [0.15, 0.2) is 0 Å². The maximum atomic E-state index is 9.69. The number of benzene rings is 2. The lowest BCUT2D eigenvalue weighted by atomic mass is 9.82. The van der Waals surface area contributed by atoms with Gasteiger partial charge in [0.05, 0.1) is 0 Å². The summed E-state index contributed by atoms with van der Waals surface area (Å²) in [5, 5.41) is 19.0.